The maximum Gasteiger partial charge on any atom is 0.343 e. The van der Waals surface area contributed by atoms with Crippen LogP contribution in [0.25, 0.3) is 22.2 Å². The van der Waals surface area contributed by atoms with Crippen molar-refractivity contribution in [3.8, 4) is 11.4 Å². The van der Waals surface area contributed by atoms with Crippen LogP contribution in [0.5, 0.6) is 5.75 Å². The molecule has 0 unspecified atom stereocenters. The van der Waals surface area contributed by atoms with Crippen LogP contribution in [-0.4, -0.2) is 39.4 Å². The molecule has 4 rings (SSSR count). The van der Waals surface area contributed by atoms with Crippen molar-refractivity contribution >= 4 is 22.5 Å². The fourth-order valence-electron chi connectivity index (χ4n) is 2.83. The van der Waals surface area contributed by atoms with Gasteiger partial charge in [-0.1, -0.05) is 6.07 Å². The average Bonchev–Trinajstić information content (AvgIpc) is 3.12. The average molecular weight is 350 g/mol. The standard InChI is InChI=1S/C18H14N4O4/c1-25-12-5-3-4-11(8-12)21-7-6-15-13(17(21)23)9-19-16-14(18(24)26-2)10-20-22(15)16/h3-10H,1-2H3. The second-order valence-electron chi connectivity index (χ2n) is 5.53. The predicted octanol–water partition coefficient (Wildman–Crippen LogP) is 1.83. The lowest BCUT2D eigenvalue weighted by atomic mass is 10.2. The van der Waals surface area contributed by atoms with Gasteiger partial charge in [-0.2, -0.15) is 5.10 Å². The fourth-order valence-corrected chi connectivity index (χ4v) is 2.83. The highest BCUT2D eigenvalue weighted by molar-refractivity contribution is 5.96. The van der Waals surface area contributed by atoms with E-state index in [4.69, 9.17) is 9.47 Å². The molecule has 0 atom stereocenters. The van der Waals surface area contributed by atoms with E-state index in [0.717, 1.165) is 0 Å². The Kier molecular flexibility index (Phi) is 3.65. The predicted molar refractivity (Wildman–Crippen MR) is 94.0 cm³/mol. The van der Waals surface area contributed by atoms with Crippen molar-refractivity contribution in [1.29, 1.82) is 0 Å². The van der Waals surface area contributed by atoms with Crippen LogP contribution < -0.4 is 10.3 Å². The monoisotopic (exact) mass is 350 g/mol. The number of fused-ring (bicyclic) bond motifs is 3. The second-order valence-corrected chi connectivity index (χ2v) is 5.53. The number of hydrogen-bond acceptors (Lipinski definition) is 6. The molecule has 0 aliphatic rings. The van der Waals surface area contributed by atoms with E-state index in [1.54, 1.807) is 31.5 Å². The van der Waals surface area contributed by atoms with Crippen molar-refractivity contribution < 1.29 is 14.3 Å². The van der Waals surface area contributed by atoms with E-state index >= 15 is 0 Å². The highest BCUT2D eigenvalue weighted by atomic mass is 16.5. The summed E-state index contributed by atoms with van der Waals surface area (Å²) in [6, 6.07) is 8.94. The quantitative estimate of drug-likeness (QED) is 0.524. The Morgan fingerprint density at radius 2 is 2.00 bits per heavy atom. The molecule has 3 aromatic heterocycles. The van der Waals surface area contributed by atoms with Crippen LogP contribution in [0.15, 0.2) is 53.7 Å². The van der Waals surface area contributed by atoms with Gasteiger partial charge < -0.3 is 9.47 Å². The third-order valence-electron chi connectivity index (χ3n) is 4.13. The third kappa shape index (κ3) is 2.31. The van der Waals surface area contributed by atoms with E-state index < -0.39 is 5.97 Å². The third-order valence-corrected chi connectivity index (χ3v) is 4.13. The molecule has 3 heterocycles. The maximum atomic E-state index is 12.9. The Balaban J connectivity index is 1.95. The lowest BCUT2D eigenvalue weighted by Gasteiger charge is -2.09. The zero-order valence-electron chi connectivity index (χ0n) is 14.0. The number of nitrogens with zero attached hydrogens (tertiary/aromatic N) is 4. The topological polar surface area (TPSA) is 87.7 Å². The van der Waals surface area contributed by atoms with Crippen LogP contribution in [0, 0.1) is 0 Å². The molecule has 0 radical (unpaired) electrons. The van der Waals surface area contributed by atoms with E-state index in [2.05, 4.69) is 10.1 Å². The number of rotatable bonds is 3. The first kappa shape index (κ1) is 15.8. The molecule has 0 amide bonds. The molecule has 0 bridgehead atoms. The normalized spacial score (nSPS) is 11.0. The smallest absolute Gasteiger partial charge is 0.343 e. The number of benzene rings is 1. The first-order valence-corrected chi connectivity index (χ1v) is 7.75. The van der Waals surface area contributed by atoms with Gasteiger partial charge in [0.1, 0.15) is 11.3 Å². The first-order chi connectivity index (χ1) is 12.6. The Morgan fingerprint density at radius 1 is 1.15 bits per heavy atom. The van der Waals surface area contributed by atoms with Gasteiger partial charge in [0.05, 0.1) is 37.0 Å². The molecule has 0 spiro atoms. The molecule has 0 N–H and O–H groups in total. The molecule has 1 aromatic carbocycles. The SMILES string of the molecule is COC(=O)c1cnn2c1ncc1c(=O)n(-c3cccc(OC)c3)ccc12. The Labute approximate surface area is 147 Å². The molecule has 0 saturated heterocycles. The van der Waals surface area contributed by atoms with Gasteiger partial charge in [0.25, 0.3) is 5.56 Å². The van der Waals surface area contributed by atoms with Gasteiger partial charge in [0.2, 0.25) is 0 Å². The van der Waals surface area contributed by atoms with Gasteiger partial charge in [-0.15, -0.1) is 0 Å². The summed E-state index contributed by atoms with van der Waals surface area (Å²) in [5, 5.41) is 4.55. The van der Waals surface area contributed by atoms with Crippen molar-refractivity contribution in [3.05, 3.63) is 64.8 Å². The van der Waals surface area contributed by atoms with Crippen LogP contribution in [0.3, 0.4) is 0 Å². The highest BCUT2D eigenvalue weighted by Gasteiger charge is 2.17. The van der Waals surface area contributed by atoms with Crippen molar-refractivity contribution in [2.75, 3.05) is 14.2 Å². The number of carbonyl (C=O) groups is 1. The largest absolute Gasteiger partial charge is 0.497 e. The summed E-state index contributed by atoms with van der Waals surface area (Å²) in [6.07, 6.45) is 4.47. The lowest BCUT2D eigenvalue weighted by molar-refractivity contribution is 0.0602. The van der Waals surface area contributed by atoms with Crippen LogP contribution in [0.2, 0.25) is 0 Å². The van der Waals surface area contributed by atoms with E-state index in [1.165, 1.54) is 28.6 Å². The van der Waals surface area contributed by atoms with Crippen molar-refractivity contribution in [2.45, 2.75) is 0 Å². The number of hydrogen-bond donors (Lipinski definition) is 0. The number of esters is 1. The van der Waals surface area contributed by atoms with E-state index in [1.807, 2.05) is 12.1 Å². The van der Waals surface area contributed by atoms with E-state index in [9.17, 15) is 9.59 Å². The van der Waals surface area contributed by atoms with Crippen molar-refractivity contribution in [3.63, 3.8) is 0 Å². The molecule has 0 fully saturated rings. The zero-order chi connectivity index (χ0) is 18.3. The van der Waals surface area contributed by atoms with Crippen molar-refractivity contribution in [1.82, 2.24) is 19.2 Å². The van der Waals surface area contributed by atoms with Crippen LogP contribution in [0.1, 0.15) is 10.4 Å². The maximum absolute atomic E-state index is 12.9. The summed E-state index contributed by atoms with van der Waals surface area (Å²) >= 11 is 0. The minimum atomic E-state index is -0.531. The highest BCUT2D eigenvalue weighted by Crippen LogP contribution is 2.18. The number of methoxy groups -OCH3 is 2. The molecule has 8 heteroatoms. The van der Waals surface area contributed by atoms with Gasteiger partial charge in [0.15, 0.2) is 5.65 Å². The number of aromatic nitrogens is 4. The Hall–Kier alpha value is -3.68. The lowest BCUT2D eigenvalue weighted by Crippen LogP contribution is -2.19. The summed E-state index contributed by atoms with van der Waals surface area (Å²) in [5.41, 5.74) is 1.55. The second kappa shape index (κ2) is 5.99. The fraction of sp³-hybridized carbons (Fsp3) is 0.111. The van der Waals surface area contributed by atoms with Crippen LogP contribution in [0.4, 0.5) is 0 Å². The van der Waals surface area contributed by atoms with Crippen LogP contribution >= 0.6 is 0 Å². The number of ether oxygens (including phenoxy) is 2. The number of pyridine rings is 1. The molecule has 0 saturated carbocycles. The van der Waals surface area contributed by atoms with E-state index in [0.29, 0.717) is 28.0 Å². The van der Waals surface area contributed by atoms with Gasteiger partial charge in [0, 0.05) is 18.5 Å². The van der Waals surface area contributed by atoms with Gasteiger partial charge >= 0.3 is 5.97 Å². The summed E-state index contributed by atoms with van der Waals surface area (Å²) in [7, 11) is 2.86. The molecular formula is C18H14N4O4. The van der Waals surface area contributed by atoms with Gasteiger partial charge in [-0.25, -0.2) is 14.3 Å². The van der Waals surface area contributed by atoms with Gasteiger partial charge in [-0.3, -0.25) is 9.36 Å². The Bertz CT molecular complexity index is 1210. The number of carbonyl (C=O) groups excluding carboxylic acids is 1. The minimum absolute atomic E-state index is 0.242. The van der Waals surface area contributed by atoms with E-state index in [-0.39, 0.29) is 11.1 Å². The van der Waals surface area contributed by atoms with Crippen LogP contribution in [-0.2, 0) is 4.74 Å². The minimum Gasteiger partial charge on any atom is -0.497 e. The zero-order valence-corrected chi connectivity index (χ0v) is 14.0. The summed E-state index contributed by atoms with van der Waals surface area (Å²) in [5.74, 6) is 0.120. The summed E-state index contributed by atoms with van der Waals surface area (Å²) in [4.78, 5) is 28.9. The Morgan fingerprint density at radius 3 is 2.77 bits per heavy atom. The van der Waals surface area contributed by atoms with Gasteiger partial charge in [-0.05, 0) is 18.2 Å². The molecule has 0 aliphatic carbocycles. The molecule has 4 aromatic rings. The molecule has 130 valence electrons. The molecule has 8 nitrogen and oxygen atoms in total. The molecular weight excluding hydrogens is 336 g/mol. The van der Waals surface area contributed by atoms with Crippen molar-refractivity contribution in [2.24, 2.45) is 0 Å². The first-order valence-electron chi connectivity index (χ1n) is 7.75. The summed E-state index contributed by atoms with van der Waals surface area (Å²) in [6.45, 7) is 0. The summed E-state index contributed by atoms with van der Waals surface area (Å²) < 4.78 is 12.9. The molecule has 0 aliphatic heterocycles. The molecule has 26 heavy (non-hydrogen) atoms.